The van der Waals surface area contributed by atoms with Gasteiger partial charge in [0.2, 0.25) is 0 Å². The molecule has 0 fully saturated rings. The number of halogens is 1. The van der Waals surface area contributed by atoms with Gasteiger partial charge in [0.15, 0.2) is 6.61 Å². The van der Waals surface area contributed by atoms with Gasteiger partial charge in [-0.25, -0.2) is 4.98 Å². The predicted octanol–water partition coefficient (Wildman–Crippen LogP) is 5.02. The van der Waals surface area contributed by atoms with E-state index in [0.29, 0.717) is 23.0 Å². The molecule has 0 atom stereocenters. The highest BCUT2D eigenvalue weighted by atomic mass is 79.9. The Labute approximate surface area is 176 Å². The number of aromatic amines is 1. The van der Waals surface area contributed by atoms with Crippen molar-refractivity contribution in [1.82, 2.24) is 9.97 Å². The fourth-order valence-corrected chi connectivity index (χ4v) is 3.33. The van der Waals surface area contributed by atoms with Crippen LogP contribution in [0.2, 0.25) is 0 Å². The molecule has 0 radical (unpaired) electrons. The molecule has 0 spiro atoms. The summed E-state index contributed by atoms with van der Waals surface area (Å²) in [5.41, 5.74) is 3.15. The third-order valence-corrected chi connectivity index (χ3v) is 4.82. The molecule has 0 aliphatic rings. The van der Waals surface area contributed by atoms with Crippen LogP contribution in [-0.2, 0) is 4.79 Å². The Bertz CT molecular complexity index is 1140. The van der Waals surface area contributed by atoms with E-state index in [1.165, 1.54) is 0 Å². The molecule has 3 aromatic carbocycles. The van der Waals surface area contributed by atoms with Gasteiger partial charge in [0.1, 0.15) is 17.3 Å². The molecule has 29 heavy (non-hydrogen) atoms. The zero-order chi connectivity index (χ0) is 20.2. The van der Waals surface area contributed by atoms with Gasteiger partial charge in [0, 0.05) is 4.47 Å². The fraction of sp³-hybridized carbons (Fsp3) is 0.0909. The van der Waals surface area contributed by atoms with Crippen molar-refractivity contribution in [3.8, 4) is 22.9 Å². The van der Waals surface area contributed by atoms with Crippen LogP contribution in [0.5, 0.6) is 11.5 Å². The molecule has 1 heterocycles. The quantitative estimate of drug-likeness (QED) is 0.431. The molecule has 0 aliphatic carbocycles. The number of fused-ring (bicyclic) bond motifs is 1. The molecule has 4 aromatic rings. The standard InChI is InChI=1S/C22H18BrN3O3/c1-28-20-9-5-4-8-18(20)24-21(27)13-29-19-11-10-14(23)12-15(19)22-25-16-6-2-3-7-17(16)26-22/h2-12H,13H2,1H3,(H,24,27)(H,25,26). The number of carbonyl (C=O) groups is 1. The Hall–Kier alpha value is -3.32. The van der Waals surface area contributed by atoms with Gasteiger partial charge < -0.3 is 19.8 Å². The third-order valence-electron chi connectivity index (χ3n) is 4.33. The fourth-order valence-electron chi connectivity index (χ4n) is 2.97. The van der Waals surface area contributed by atoms with Crippen molar-refractivity contribution < 1.29 is 14.3 Å². The first-order valence-corrected chi connectivity index (χ1v) is 9.73. The first-order chi connectivity index (χ1) is 14.1. The minimum atomic E-state index is -0.284. The number of H-pyrrole nitrogens is 1. The average molecular weight is 452 g/mol. The second-order valence-corrected chi connectivity index (χ2v) is 7.20. The summed E-state index contributed by atoms with van der Waals surface area (Å²) < 4.78 is 12.0. The molecule has 0 saturated heterocycles. The maximum absolute atomic E-state index is 12.4. The lowest BCUT2D eigenvalue weighted by molar-refractivity contribution is -0.118. The lowest BCUT2D eigenvalue weighted by atomic mass is 10.2. The lowest BCUT2D eigenvalue weighted by Crippen LogP contribution is -2.20. The van der Waals surface area contributed by atoms with E-state index in [2.05, 4.69) is 31.2 Å². The molecule has 0 saturated carbocycles. The zero-order valence-corrected chi connectivity index (χ0v) is 17.2. The van der Waals surface area contributed by atoms with Crippen molar-refractivity contribution in [3.05, 3.63) is 71.2 Å². The molecule has 0 bridgehead atoms. The van der Waals surface area contributed by atoms with Crippen LogP contribution in [0, 0.1) is 0 Å². The number of nitrogens with zero attached hydrogens (tertiary/aromatic N) is 1. The van der Waals surface area contributed by atoms with E-state index in [1.54, 1.807) is 19.2 Å². The van der Waals surface area contributed by atoms with E-state index in [0.717, 1.165) is 21.1 Å². The first kappa shape index (κ1) is 19.0. The Kier molecular flexibility index (Phi) is 5.48. The number of imidazole rings is 1. The molecular formula is C22H18BrN3O3. The van der Waals surface area contributed by atoms with Gasteiger partial charge in [-0.05, 0) is 42.5 Å². The van der Waals surface area contributed by atoms with Crippen molar-refractivity contribution in [2.75, 3.05) is 19.0 Å². The molecule has 7 heteroatoms. The van der Waals surface area contributed by atoms with E-state index >= 15 is 0 Å². The second-order valence-electron chi connectivity index (χ2n) is 6.28. The molecular weight excluding hydrogens is 434 g/mol. The molecule has 2 N–H and O–H groups in total. The summed E-state index contributed by atoms with van der Waals surface area (Å²) in [5, 5.41) is 2.80. The van der Waals surface area contributed by atoms with Gasteiger partial charge in [-0.2, -0.15) is 0 Å². The minimum Gasteiger partial charge on any atom is -0.495 e. The maximum Gasteiger partial charge on any atom is 0.262 e. The first-order valence-electron chi connectivity index (χ1n) is 8.94. The summed E-state index contributed by atoms with van der Waals surface area (Å²) in [6.07, 6.45) is 0. The van der Waals surface area contributed by atoms with Gasteiger partial charge in [0.05, 0.1) is 29.4 Å². The van der Waals surface area contributed by atoms with E-state index < -0.39 is 0 Å². The van der Waals surface area contributed by atoms with Gasteiger partial charge in [-0.3, -0.25) is 4.79 Å². The van der Waals surface area contributed by atoms with Gasteiger partial charge in [-0.1, -0.05) is 40.2 Å². The number of anilines is 1. The predicted molar refractivity (Wildman–Crippen MR) is 116 cm³/mol. The summed E-state index contributed by atoms with van der Waals surface area (Å²) in [4.78, 5) is 20.3. The number of aromatic nitrogens is 2. The molecule has 4 rings (SSSR count). The Balaban J connectivity index is 1.54. The summed E-state index contributed by atoms with van der Waals surface area (Å²) >= 11 is 3.49. The summed E-state index contributed by atoms with van der Waals surface area (Å²) in [6, 6.07) is 20.6. The van der Waals surface area contributed by atoms with Gasteiger partial charge in [0.25, 0.3) is 5.91 Å². The second kappa shape index (κ2) is 8.36. The number of hydrogen-bond acceptors (Lipinski definition) is 4. The number of benzene rings is 3. The number of methoxy groups -OCH3 is 1. The molecule has 6 nitrogen and oxygen atoms in total. The van der Waals surface area contributed by atoms with Crippen molar-refractivity contribution in [2.24, 2.45) is 0 Å². The number of carbonyl (C=O) groups excluding carboxylic acids is 1. The average Bonchev–Trinajstić information content (AvgIpc) is 3.17. The number of amides is 1. The Morgan fingerprint density at radius 3 is 2.69 bits per heavy atom. The zero-order valence-electron chi connectivity index (χ0n) is 15.6. The van der Waals surface area contributed by atoms with Crippen molar-refractivity contribution >= 4 is 38.6 Å². The maximum atomic E-state index is 12.4. The number of para-hydroxylation sites is 4. The molecule has 1 aromatic heterocycles. The number of hydrogen-bond donors (Lipinski definition) is 2. The van der Waals surface area contributed by atoms with Crippen LogP contribution in [0.1, 0.15) is 0 Å². The van der Waals surface area contributed by atoms with Gasteiger partial charge >= 0.3 is 0 Å². The number of nitrogens with one attached hydrogen (secondary N) is 2. The smallest absolute Gasteiger partial charge is 0.262 e. The summed E-state index contributed by atoms with van der Waals surface area (Å²) in [7, 11) is 1.56. The van der Waals surface area contributed by atoms with E-state index in [4.69, 9.17) is 9.47 Å². The van der Waals surface area contributed by atoms with Crippen LogP contribution in [0.25, 0.3) is 22.4 Å². The monoisotopic (exact) mass is 451 g/mol. The van der Waals surface area contributed by atoms with Crippen LogP contribution in [0.15, 0.2) is 71.2 Å². The highest BCUT2D eigenvalue weighted by Crippen LogP contribution is 2.32. The van der Waals surface area contributed by atoms with Crippen molar-refractivity contribution in [1.29, 1.82) is 0 Å². The topological polar surface area (TPSA) is 76.2 Å². The van der Waals surface area contributed by atoms with Crippen LogP contribution in [0.3, 0.4) is 0 Å². The van der Waals surface area contributed by atoms with E-state index in [9.17, 15) is 4.79 Å². The third kappa shape index (κ3) is 4.25. The van der Waals surface area contributed by atoms with Crippen LogP contribution < -0.4 is 14.8 Å². The molecule has 146 valence electrons. The largest absolute Gasteiger partial charge is 0.495 e. The highest BCUT2D eigenvalue weighted by Gasteiger charge is 2.14. The van der Waals surface area contributed by atoms with Crippen molar-refractivity contribution in [3.63, 3.8) is 0 Å². The Morgan fingerprint density at radius 1 is 1.07 bits per heavy atom. The molecule has 0 unspecified atom stereocenters. The van der Waals surface area contributed by atoms with Crippen LogP contribution in [0.4, 0.5) is 5.69 Å². The molecule has 1 amide bonds. The SMILES string of the molecule is COc1ccccc1NC(=O)COc1ccc(Br)cc1-c1nc2ccccc2[nH]1. The lowest BCUT2D eigenvalue weighted by Gasteiger charge is -2.12. The van der Waals surface area contributed by atoms with Crippen LogP contribution >= 0.6 is 15.9 Å². The van der Waals surface area contributed by atoms with E-state index in [-0.39, 0.29) is 12.5 Å². The van der Waals surface area contributed by atoms with E-state index in [1.807, 2.05) is 54.6 Å². The minimum absolute atomic E-state index is 0.146. The number of rotatable bonds is 6. The van der Waals surface area contributed by atoms with Gasteiger partial charge in [-0.15, -0.1) is 0 Å². The van der Waals surface area contributed by atoms with Crippen LogP contribution in [-0.4, -0.2) is 29.6 Å². The number of ether oxygens (including phenoxy) is 2. The molecule has 0 aliphatic heterocycles. The van der Waals surface area contributed by atoms with Crippen molar-refractivity contribution in [2.45, 2.75) is 0 Å². The Morgan fingerprint density at radius 2 is 1.86 bits per heavy atom. The highest BCUT2D eigenvalue weighted by molar-refractivity contribution is 9.10. The summed E-state index contributed by atoms with van der Waals surface area (Å²) in [6.45, 7) is -0.146. The summed E-state index contributed by atoms with van der Waals surface area (Å²) in [5.74, 6) is 1.54. The normalized spacial score (nSPS) is 10.7.